The molecule has 1 aromatic rings. The van der Waals surface area contributed by atoms with Crippen molar-refractivity contribution >= 4 is 40.7 Å². The molecule has 1 atom stereocenters. The first-order valence-electron chi connectivity index (χ1n) is 6.46. The lowest BCUT2D eigenvalue weighted by Crippen LogP contribution is -2.49. The molecule has 20 heavy (non-hydrogen) atoms. The molecule has 108 valence electrons. The van der Waals surface area contributed by atoms with Gasteiger partial charge in [-0.25, -0.2) is 0 Å². The van der Waals surface area contributed by atoms with E-state index in [4.69, 9.17) is 34.0 Å². The molecule has 0 aromatic heterocycles. The zero-order valence-corrected chi connectivity index (χ0v) is 12.4. The van der Waals surface area contributed by atoms with Crippen LogP contribution in [-0.4, -0.2) is 24.4 Å². The topological polar surface area (TPSA) is 83.8 Å². The van der Waals surface area contributed by atoms with E-state index in [0.29, 0.717) is 21.6 Å². The second-order valence-electron chi connectivity index (χ2n) is 4.67. The number of anilines is 1. The largest absolute Gasteiger partial charge is 0.326 e. The Morgan fingerprint density at radius 1 is 1.20 bits per heavy atom. The van der Waals surface area contributed by atoms with Gasteiger partial charge in [0.1, 0.15) is 5.84 Å². The van der Waals surface area contributed by atoms with Gasteiger partial charge in [-0.3, -0.25) is 10.8 Å². The van der Waals surface area contributed by atoms with E-state index in [2.05, 4.69) is 16.0 Å². The van der Waals surface area contributed by atoms with Crippen LogP contribution < -0.4 is 16.0 Å². The van der Waals surface area contributed by atoms with Gasteiger partial charge in [0.2, 0.25) is 0 Å². The van der Waals surface area contributed by atoms with Crippen molar-refractivity contribution in [2.45, 2.75) is 25.3 Å². The highest BCUT2D eigenvalue weighted by Gasteiger charge is 2.18. The molecule has 0 spiro atoms. The van der Waals surface area contributed by atoms with Gasteiger partial charge in [-0.15, -0.1) is 0 Å². The fourth-order valence-electron chi connectivity index (χ4n) is 2.07. The predicted molar refractivity (Wildman–Crippen MR) is 84.3 cm³/mol. The second kappa shape index (κ2) is 6.92. The maximum Gasteiger partial charge on any atom is 0.198 e. The van der Waals surface area contributed by atoms with Gasteiger partial charge in [0, 0.05) is 5.69 Å². The Bertz CT molecular complexity index is 511. The fourth-order valence-corrected chi connectivity index (χ4v) is 2.37. The molecular weight excluding hydrogens is 297 g/mol. The van der Waals surface area contributed by atoms with Crippen molar-refractivity contribution in [2.75, 3.05) is 11.9 Å². The van der Waals surface area contributed by atoms with Gasteiger partial charge in [0.15, 0.2) is 5.96 Å². The minimum atomic E-state index is -0.000272. The quantitative estimate of drug-likeness (QED) is 0.430. The van der Waals surface area contributed by atoms with Gasteiger partial charge in [0.05, 0.1) is 16.1 Å². The molecular formula is C13H17Cl2N5. The Morgan fingerprint density at radius 2 is 2.00 bits per heavy atom. The van der Waals surface area contributed by atoms with E-state index < -0.39 is 0 Å². The third-order valence-corrected chi connectivity index (χ3v) is 3.85. The molecule has 5 nitrogen and oxygen atoms in total. The molecule has 1 saturated heterocycles. The van der Waals surface area contributed by atoms with E-state index in [-0.39, 0.29) is 12.0 Å². The van der Waals surface area contributed by atoms with Crippen LogP contribution in [0.25, 0.3) is 0 Å². The molecule has 0 saturated carbocycles. The summed E-state index contributed by atoms with van der Waals surface area (Å²) in [5.41, 5.74) is 0.654. The van der Waals surface area contributed by atoms with E-state index >= 15 is 0 Å². The van der Waals surface area contributed by atoms with Crippen LogP contribution in [-0.2, 0) is 0 Å². The Kier molecular flexibility index (Phi) is 5.23. The standard InChI is InChI=1S/C13H17Cl2N5/c14-9-5-4-8(7-10(9)15)19-13(17)20-12(16)11-3-1-2-6-18-11/h4-5,7,11,18H,1-3,6H2,(H4,16,17,19,20). The first-order valence-corrected chi connectivity index (χ1v) is 7.21. The summed E-state index contributed by atoms with van der Waals surface area (Å²) in [5, 5.41) is 25.5. The van der Waals surface area contributed by atoms with Gasteiger partial charge in [-0.05, 0) is 37.6 Å². The average Bonchev–Trinajstić information content (AvgIpc) is 2.44. The molecule has 7 heteroatoms. The summed E-state index contributed by atoms with van der Waals surface area (Å²) in [6, 6.07) is 5.03. The molecule has 1 aliphatic rings. The van der Waals surface area contributed by atoms with Crippen molar-refractivity contribution < 1.29 is 0 Å². The van der Waals surface area contributed by atoms with E-state index in [9.17, 15) is 0 Å². The first-order chi connectivity index (χ1) is 9.56. The number of amidine groups is 1. The van der Waals surface area contributed by atoms with Crippen molar-refractivity contribution in [3.8, 4) is 0 Å². The minimum absolute atomic E-state index is 0.000272. The monoisotopic (exact) mass is 313 g/mol. The summed E-state index contributed by atoms with van der Waals surface area (Å²) in [5.74, 6) is 0.350. The lowest BCUT2D eigenvalue weighted by atomic mass is 10.0. The van der Waals surface area contributed by atoms with Crippen molar-refractivity contribution in [3.63, 3.8) is 0 Å². The Morgan fingerprint density at radius 3 is 2.65 bits per heavy atom. The maximum atomic E-state index is 7.95. The summed E-state index contributed by atoms with van der Waals surface area (Å²) in [6.07, 6.45) is 3.17. The Labute approximate surface area is 128 Å². The van der Waals surface area contributed by atoms with E-state index in [1.165, 1.54) is 0 Å². The zero-order chi connectivity index (χ0) is 14.5. The highest BCUT2D eigenvalue weighted by atomic mass is 35.5. The lowest BCUT2D eigenvalue weighted by Gasteiger charge is -2.24. The molecule has 0 amide bonds. The van der Waals surface area contributed by atoms with Crippen molar-refractivity contribution in [1.82, 2.24) is 10.6 Å². The fraction of sp³-hybridized carbons (Fsp3) is 0.385. The third kappa shape index (κ3) is 4.10. The molecule has 2 rings (SSSR count). The van der Waals surface area contributed by atoms with E-state index in [1.807, 2.05) is 0 Å². The summed E-state index contributed by atoms with van der Waals surface area (Å²) >= 11 is 11.7. The first kappa shape index (κ1) is 15.1. The maximum absolute atomic E-state index is 7.95. The van der Waals surface area contributed by atoms with E-state index in [0.717, 1.165) is 25.8 Å². The average molecular weight is 314 g/mol. The molecule has 1 aromatic carbocycles. The third-order valence-electron chi connectivity index (χ3n) is 3.11. The van der Waals surface area contributed by atoms with Crippen LogP contribution in [0.1, 0.15) is 19.3 Å². The van der Waals surface area contributed by atoms with Crippen LogP contribution in [0.5, 0.6) is 0 Å². The van der Waals surface area contributed by atoms with E-state index in [1.54, 1.807) is 18.2 Å². The van der Waals surface area contributed by atoms with Crippen molar-refractivity contribution in [3.05, 3.63) is 28.2 Å². The van der Waals surface area contributed by atoms with Gasteiger partial charge in [-0.1, -0.05) is 29.6 Å². The SMILES string of the molecule is N=C(NC(=N)C1CCCCN1)Nc1ccc(Cl)c(Cl)c1. The van der Waals surface area contributed by atoms with Gasteiger partial charge >= 0.3 is 0 Å². The highest BCUT2D eigenvalue weighted by molar-refractivity contribution is 6.42. The second-order valence-corrected chi connectivity index (χ2v) is 5.48. The molecule has 0 bridgehead atoms. The number of hydrogen-bond donors (Lipinski definition) is 5. The van der Waals surface area contributed by atoms with Crippen molar-refractivity contribution in [1.29, 1.82) is 10.8 Å². The number of nitrogens with one attached hydrogen (secondary N) is 5. The molecule has 0 aliphatic carbocycles. The number of rotatable bonds is 2. The molecule has 1 unspecified atom stereocenters. The van der Waals surface area contributed by atoms with Crippen LogP contribution in [0, 0.1) is 10.8 Å². The Balaban J connectivity index is 1.88. The van der Waals surface area contributed by atoms with Gasteiger partial charge in [-0.2, -0.15) is 0 Å². The summed E-state index contributed by atoms with van der Waals surface area (Å²) in [6.45, 7) is 0.919. The molecule has 1 fully saturated rings. The van der Waals surface area contributed by atoms with Crippen LogP contribution >= 0.6 is 23.2 Å². The van der Waals surface area contributed by atoms with Gasteiger partial charge in [0.25, 0.3) is 0 Å². The zero-order valence-electron chi connectivity index (χ0n) is 10.9. The van der Waals surface area contributed by atoms with Crippen molar-refractivity contribution in [2.24, 2.45) is 0 Å². The number of hydrogen-bond acceptors (Lipinski definition) is 3. The molecule has 0 radical (unpaired) electrons. The normalized spacial score (nSPS) is 18.4. The van der Waals surface area contributed by atoms with Crippen LogP contribution in [0.4, 0.5) is 5.69 Å². The van der Waals surface area contributed by atoms with Crippen LogP contribution in [0.3, 0.4) is 0 Å². The summed E-state index contributed by atoms with van der Waals surface area (Å²) in [4.78, 5) is 0. The predicted octanol–water partition coefficient (Wildman–Crippen LogP) is 3.05. The Hall–Kier alpha value is -1.30. The summed E-state index contributed by atoms with van der Waals surface area (Å²) in [7, 11) is 0. The number of benzene rings is 1. The molecule has 1 heterocycles. The number of guanidine groups is 1. The smallest absolute Gasteiger partial charge is 0.198 e. The van der Waals surface area contributed by atoms with Gasteiger partial charge < -0.3 is 16.0 Å². The van der Waals surface area contributed by atoms with Crippen LogP contribution in [0.15, 0.2) is 18.2 Å². The number of halogens is 2. The highest BCUT2D eigenvalue weighted by Crippen LogP contribution is 2.24. The summed E-state index contributed by atoms with van der Waals surface area (Å²) < 4.78 is 0. The minimum Gasteiger partial charge on any atom is -0.326 e. The molecule has 5 N–H and O–H groups in total. The number of piperidine rings is 1. The van der Waals surface area contributed by atoms with Crippen LogP contribution in [0.2, 0.25) is 10.0 Å². The molecule has 1 aliphatic heterocycles. The lowest BCUT2D eigenvalue weighted by molar-refractivity contribution is 0.466.